The summed E-state index contributed by atoms with van der Waals surface area (Å²) >= 11 is 1.30. The molecule has 0 heterocycles. The fourth-order valence-electron chi connectivity index (χ4n) is 5.95. The van der Waals surface area contributed by atoms with Crippen molar-refractivity contribution in [3.63, 3.8) is 0 Å². The molecule has 0 aliphatic heterocycles. The number of hydrogen-bond donors (Lipinski definition) is 0. The van der Waals surface area contributed by atoms with Crippen molar-refractivity contribution in [2.45, 2.75) is 130 Å². The van der Waals surface area contributed by atoms with Crippen LogP contribution in [0.15, 0.2) is 48.6 Å². The van der Waals surface area contributed by atoms with Gasteiger partial charge in [0, 0.05) is 0 Å². The molecule has 4 aliphatic rings. The van der Waals surface area contributed by atoms with E-state index in [4.69, 9.17) is 0 Å². The van der Waals surface area contributed by atoms with Crippen LogP contribution in [0.25, 0.3) is 11.1 Å². The Bertz CT molecular complexity index is 1030. The van der Waals surface area contributed by atoms with Gasteiger partial charge in [0.1, 0.15) is 0 Å². The van der Waals surface area contributed by atoms with Crippen molar-refractivity contribution in [2.24, 2.45) is 11.8 Å². The average molecular weight is 715 g/mol. The van der Waals surface area contributed by atoms with E-state index in [9.17, 15) is 0 Å². The summed E-state index contributed by atoms with van der Waals surface area (Å²) in [6.45, 7) is 18.0. The van der Waals surface area contributed by atoms with Gasteiger partial charge in [-0.25, -0.2) is 12.2 Å². The Morgan fingerprint density at radius 1 is 0.750 bits per heavy atom. The van der Waals surface area contributed by atoms with Gasteiger partial charge in [-0.2, -0.15) is 55.5 Å². The molecule has 2 fully saturated rings. The fraction of sp³-hybridized carbons (Fsp3) is 0.537. The molecule has 0 radical (unpaired) electrons. The normalized spacial score (nSPS) is 16.2. The average Bonchev–Trinajstić information content (AvgIpc) is 3.81. The number of halogens is 2. The Kier molecular flexibility index (Phi) is 21.6. The van der Waals surface area contributed by atoms with Crippen LogP contribution in [-0.4, -0.2) is 4.21 Å². The Morgan fingerprint density at radius 3 is 1.64 bits per heavy atom. The van der Waals surface area contributed by atoms with Gasteiger partial charge in [-0.3, -0.25) is 6.08 Å². The van der Waals surface area contributed by atoms with Crippen LogP contribution in [0, 0.1) is 36.8 Å². The number of benzene rings is 2. The topological polar surface area (TPSA) is 0 Å². The molecule has 0 atom stereocenters. The van der Waals surface area contributed by atoms with Crippen LogP contribution < -0.4 is 0 Å². The molecule has 4 aliphatic carbocycles. The van der Waals surface area contributed by atoms with Crippen LogP contribution in [0.3, 0.4) is 0 Å². The predicted molar refractivity (Wildman–Crippen MR) is 198 cm³/mol. The molecular weight excluding hydrogens is 655 g/mol. The van der Waals surface area contributed by atoms with Gasteiger partial charge in [-0.15, -0.1) is 42.4 Å². The van der Waals surface area contributed by atoms with E-state index in [1.165, 1.54) is 109 Å². The van der Waals surface area contributed by atoms with Crippen LogP contribution in [0.5, 0.6) is 0 Å². The van der Waals surface area contributed by atoms with Crippen LogP contribution >= 0.6 is 24.8 Å². The van der Waals surface area contributed by atoms with E-state index in [0.717, 1.165) is 24.7 Å². The van der Waals surface area contributed by atoms with E-state index in [0.29, 0.717) is 0 Å². The molecular formula is C41H60Cl2Zr-4. The summed E-state index contributed by atoms with van der Waals surface area (Å²) in [4.78, 5) is 0. The van der Waals surface area contributed by atoms with E-state index in [1.54, 1.807) is 0 Å². The second-order valence-corrected chi connectivity index (χ2v) is 14.1. The van der Waals surface area contributed by atoms with Crippen molar-refractivity contribution in [1.82, 2.24) is 0 Å². The van der Waals surface area contributed by atoms with E-state index < -0.39 is 0 Å². The monoisotopic (exact) mass is 712 g/mol. The molecule has 0 bridgehead atoms. The van der Waals surface area contributed by atoms with Crippen LogP contribution in [0.4, 0.5) is 0 Å². The Labute approximate surface area is 300 Å². The van der Waals surface area contributed by atoms with Crippen molar-refractivity contribution in [2.75, 3.05) is 0 Å². The standard InChI is InChI=1S/C21H25.2C7H13.C5H5.CH2.2ClH.Zr/c1-20(2,3)16-7-9-18-14(12-16)11-15-13-17(21(4,5)6)8-10-19(15)18;2*1-2-7-5-3-4-6-7;1-2-4-5-3-1;;;;/h7-10,12H,11H2,1-6H3;2*2,7H,3-6H2,1H3;1-3H,4H2;1H2;2*1H;/q4*-1;;;;. The summed E-state index contributed by atoms with van der Waals surface area (Å²) in [5.41, 5.74) is 8.70. The minimum atomic E-state index is 0. The van der Waals surface area contributed by atoms with Crippen LogP contribution in [0.1, 0.15) is 135 Å². The van der Waals surface area contributed by atoms with E-state index in [-0.39, 0.29) is 35.6 Å². The molecule has 0 amide bonds. The summed E-state index contributed by atoms with van der Waals surface area (Å²) in [5.74, 6) is 1.94. The first-order valence-electron chi connectivity index (χ1n) is 16.4. The van der Waals surface area contributed by atoms with Crippen LogP contribution in [-0.2, 0) is 41.5 Å². The molecule has 0 spiro atoms. The second kappa shape index (κ2) is 21.9. The quantitative estimate of drug-likeness (QED) is 0.232. The van der Waals surface area contributed by atoms with Crippen molar-refractivity contribution in [3.05, 3.63) is 95.8 Å². The van der Waals surface area contributed by atoms with Gasteiger partial charge < -0.3 is 12.8 Å². The number of hydrogen-bond acceptors (Lipinski definition) is 0. The zero-order chi connectivity index (χ0) is 31.2. The minimum absolute atomic E-state index is 0. The van der Waals surface area contributed by atoms with E-state index in [1.807, 2.05) is 12.2 Å². The zero-order valence-electron chi connectivity index (χ0n) is 29.0. The van der Waals surface area contributed by atoms with Gasteiger partial charge in [-0.05, 0) is 28.4 Å². The molecule has 2 saturated carbocycles. The first-order chi connectivity index (χ1) is 20.0. The summed E-state index contributed by atoms with van der Waals surface area (Å²) in [7, 11) is 0. The van der Waals surface area contributed by atoms with E-state index in [2.05, 4.69) is 121 Å². The third-order valence-electron chi connectivity index (χ3n) is 8.79. The Morgan fingerprint density at radius 2 is 1.27 bits per heavy atom. The van der Waals surface area contributed by atoms with Gasteiger partial charge >= 0.3 is 28.4 Å². The SMILES string of the molecule is CC(C)(C)c1[c-]c2c(cc1)-c1ccc(C(C)(C)C)cc1C2.C[CH-]C1CCCC1.C[CH-]C1CCCC1.Cl.Cl.[C-]1=CC=CC1.[CH2]=[Zr]. The molecule has 0 aromatic heterocycles. The summed E-state index contributed by atoms with van der Waals surface area (Å²) in [6.07, 6.45) is 27.4. The van der Waals surface area contributed by atoms with Crippen LogP contribution in [0.2, 0.25) is 0 Å². The summed E-state index contributed by atoms with van der Waals surface area (Å²) in [6, 6.07) is 15.2. The predicted octanol–water partition coefficient (Wildman–Crippen LogP) is 12.6. The maximum atomic E-state index is 3.67. The van der Waals surface area contributed by atoms with Gasteiger partial charge in [0.05, 0.1) is 0 Å². The molecule has 0 saturated heterocycles. The van der Waals surface area contributed by atoms with Crippen molar-refractivity contribution >= 4 is 29.0 Å². The van der Waals surface area contributed by atoms with Gasteiger partial charge in [-0.1, -0.05) is 117 Å². The number of rotatable bonds is 2. The Hall–Kier alpha value is -0.747. The van der Waals surface area contributed by atoms with Gasteiger partial charge in [0.25, 0.3) is 0 Å². The molecule has 44 heavy (non-hydrogen) atoms. The third-order valence-corrected chi connectivity index (χ3v) is 8.79. The molecule has 246 valence electrons. The van der Waals surface area contributed by atoms with Crippen molar-refractivity contribution < 1.29 is 24.2 Å². The molecule has 2 aromatic carbocycles. The number of fused-ring (bicyclic) bond motifs is 3. The molecule has 0 N–H and O–H groups in total. The van der Waals surface area contributed by atoms with Crippen molar-refractivity contribution in [1.29, 1.82) is 0 Å². The van der Waals surface area contributed by atoms with Gasteiger partial charge in [0.2, 0.25) is 0 Å². The maximum absolute atomic E-state index is 3.67. The Balaban J connectivity index is 0.000000658. The molecule has 0 nitrogen and oxygen atoms in total. The summed E-state index contributed by atoms with van der Waals surface area (Å²) < 4.78 is 3.34. The fourth-order valence-corrected chi connectivity index (χ4v) is 5.95. The third kappa shape index (κ3) is 14.3. The molecule has 0 unspecified atom stereocenters. The second-order valence-electron chi connectivity index (χ2n) is 14.1. The van der Waals surface area contributed by atoms with Crippen molar-refractivity contribution in [3.8, 4) is 11.1 Å². The van der Waals surface area contributed by atoms with E-state index >= 15 is 0 Å². The first-order valence-corrected chi connectivity index (χ1v) is 18.1. The molecule has 6 rings (SSSR count). The van der Waals surface area contributed by atoms with Gasteiger partial charge in [0.15, 0.2) is 0 Å². The molecule has 3 heteroatoms. The number of allylic oxidation sites excluding steroid dienone is 4. The molecule has 2 aromatic rings. The summed E-state index contributed by atoms with van der Waals surface area (Å²) in [5, 5.41) is 0. The zero-order valence-corrected chi connectivity index (χ0v) is 33.1. The first kappa shape index (κ1) is 43.3.